The van der Waals surface area contributed by atoms with Crippen LogP contribution in [0, 0.1) is 0 Å². The summed E-state index contributed by atoms with van der Waals surface area (Å²) in [6, 6.07) is 14.9. The molecule has 1 nitrogen and oxygen atoms in total. The fourth-order valence-electron chi connectivity index (χ4n) is 2.45. The van der Waals surface area contributed by atoms with Crippen LogP contribution in [0.4, 0.5) is 0 Å². The van der Waals surface area contributed by atoms with Gasteiger partial charge >= 0.3 is 0 Å². The number of benzene rings is 1. The van der Waals surface area contributed by atoms with Crippen LogP contribution in [0.15, 0.2) is 54.9 Å². The van der Waals surface area contributed by atoms with E-state index >= 15 is 0 Å². The number of pyridine rings is 1. The molecule has 17 heavy (non-hydrogen) atoms. The number of alkyl halides is 1. The van der Waals surface area contributed by atoms with Crippen LogP contribution in [0.25, 0.3) is 0 Å². The molecule has 3 rings (SSSR count). The summed E-state index contributed by atoms with van der Waals surface area (Å²) in [6.45, 7) is 0. The van der Waals surface area contributed by atoms with Crippen molar-refractivity contribution in [2.24, 2.45) is 0 Å². The van der Waals surface area contributed by atoms with E-state index in [4.69, 9.17) is 0 Å². The van der Waals surface area contributed by atoms with Crippen molar-refractivity contribution in [3.63, 3.8) is 0 Å². The van der Waals surface area contributed by atoms with Crippen LogP contribution in [0.1, 0.15) is 17.5 Å². The van der Waals surface area contributed by atoms with E-state index in [1.807, 2.05) is 6.07 Å². The second-order valence-electron chi connectivity index (χ2n) is 4.20. The van der Waals surface area contributed by atoms with Crippen LogP contribution in [0.5, 0.6) is 0 Å². The molecule has 3 heteroatoms. The Balaban J connectivity index is 0.00000108. The highest BCUT2D eigenvalue weighted by atomic mass is 79.9. The molecule has 1 atom stereocenters. The Morgan fingerprint density at radius 3 is 2.47 bits per heavy atom. The summed E-state index contributed by atoms with van der Waals surface area (Å²) in [4.78, 5) is 0. The molecule has 0 saturated heterocycles. The molecule has 1 aliphatic carbocycles. The van der Waals surface area contributed by atoms with Crippen LogP contribution in [-0.2, 0) is 10.9 Å². The molecule has 0 radical (unpaired) electrons. The quantitative estimate of drug-likeness (QED) is 0.502. The Kier molecular flexibility index (Phi) is 3.69. The standard InChI is InChI=1S/C14H13BrN.BrH/c15-14(16-10-4-1-5-11-16)9-8-12-6-2-3-7-13(12)14;/h1-7,10-11H,8-9H2;1H/q+1;/p-1. The average molecular weight is 355 g/mol. The van der Waals surface area contributed by atoms with Gasteiger partial charge in [0.15, 0.2) is 12.4 Å². The SMILES string of the molecule is BrC1([n+]2ccccc2)CCc2ccccc21.[Br-]. The normalized spacial score (nSPS) is 21.7. The van der Waals surface area contributed by atoms with Crippen molar-refractivity contribution in [3.05, 3.63) is 66.0 Å². The summed E-state index contributed by atoms with van der Waals surface area (Å²) in [6.07, 6.45) is 6.50. The third-order valence-electron chi connectivity index (χ3n) is 3.28. The van der Waals surface area contributed by atoms with Gasteiger partial charge in [0.05, 0.1) is 0 Å². The lowest BCUT2D eigenvalue weighted by atomic mass is 10.1. The third-order valence-corrected chi connectivity index (χ3v) is 4.51. The van der Waals surface area contributed by atoms with Crippen LogP contribution >= 0.6 is 15.9 Å². The smallest absolute Gasteiger partial charge is 0.247 e. The zero-order valence-corrected chi connectivity index (χ0v) is 12.5. The maximum atomic E-state index is 3.92. The molecule has 0 spiro atoms. The number of aromatic nitrogens is 1. The number of rotatable bonds is 1. The molecule has 0 amide bonds. The Hall–Kier alpha value is -0.670. The van der Waals surface area contributed by atoms with E-state index in [1.165, 1.54) is 11.1 Å². The fraction of sp³-hybridized carbons (Fsp3) is 0.214. The van der Waals surface area contributed by atoms with Crippen molar-refractivity contribution < 1.29 is 21.5 Å². The number of halogens is 2. The van der Waals surface area contributed by atoms with Crippen LogP contribution in [-0.4, -0.2) is 0 Å². The first-order valence-corrected chi connectivity index (χ1v) is 6.34. The molecule has 1 aromatic carbocycles. The van der Waals surface area contributed by atoms with Gasteiger partial charge in [0.25, 0.3) is 0 Å². The van der Waals surface area contributed by atoms with Gasteiger partial charge in [-0.3, -0.25) is 0 Å². The van der Waals surface area contributed by atoms with Crippen LogP contribution in [0.2, 0.25) is 0 Å². The average Bonchev–Trinajstić information content (AvgIpc) is 2.71. The van der Waals surface area contributed by atoms with E-state index < -0.39 is 0 Å². The van der Waals surface area contributed by atoms with Gasteiger partial charge in [-0.2, -0.15) is 4.57 Å². The summed E-state index contributed by atoms with van der Waals surface area (Å²) in [5.41, 5.74) is 2.85. The van der Waals surface area contributed by atoms with Crippen LogP contribution in [0.3, 0.4) is 0 Å². The van der Waals surface area contributed by atoms with Gasteiger partial charge in [-0.1, -0.05) is 30.3 Å². The van der Waals surface area contributed by atoms with E-state index in [0.29, 0.717) is 0 Å². The number of fused-ring (bicyclic) bond motifs is 1. The summed E-state index contributed by atoms with van der Waals surface area (Å²) in [5.74, 6) is 0. The number of nitrogens with zero attached hydrogens (tertiary/aromatic N) is 1. The van der Waals surface area contributed by atoms with Crippen molar-refractivity contribution in [1.82, 2.24) is 0 Å². The highest BCUT2D eigenvalue weighted by Gasteiger charge is 2.44. The van der Waals surface area contributed by atoms with E-state index in [2.05, 4.69) is 69.3 Å². The van der Waals surface area contributed by atoms with Gasteiger partial charge in [-0.05, 0) is 12.0 Å². The minimum Gasteiger partial charge on any atom is -1.00 e. The topological polar surface area (TPSA) is 3.88 Å². The summed E-state index contributed by atoms with van der Waals surface area (Å²) < 4.78 is 2.20. The van der Waals surface area contributed by atoms with E-state index in [9.17, 15) is 0 Å². The maximum Gasteiger partial charge on any atom is 0.247 e. The van der Waals surface area contributed by atoms with Crippen molar-refractivity contribution in [2.45, 2.75) is 17.3 Å². The van der Waals surface area contributed by atoms with Crippen molar-refractivity contribution in [2.75, 3.05) is 0 Å². The number of hydrogen-bond donors (Lipinski definition) is 0. The van der Waals surface area contributed by atoms with Gasteiger partial charge < -0.3 is 17.0 Å². The first-order chi connectivity index (χ1) is 7.81. The third kappa shape index (κ3) is 2.06. The first-order valence-electron chi connectivity index (χ1n) is 5.55. The van der Waals surface area contributed by atoms with Crippen molar-refractivity contribution in [3.8, 4) is 0 Å². The van der Waals surface area contributed by atoms with Crippen LogP contribution < -0.4 is 21.5 Å². The summed E-state index contributed by atoms with van der Waals surface area (Å²) >= 11 is 3.92. The lowest BCUT2D eigenvalue weighted by Gasteiger charge is -2.17. The molecule has 1 unspecified atom stereocenters. The molecule has 0 aliphatic heterocycles. The highest BCUT2D eigenvalue weighted by Crippen LogP contribution is 2.40. The Labute approximate surface area is 120 Å². The summed E-state index contributed by atoms with van der Waals surface area (Å²) in [7, 11) is 0. The Bertz CT molecular complexity index is 513. The molecule has 0 saturated carbocycles. The van der Waals surface area contributed by atoms with Gasteiger partial charge in [0, 0.05) is 40.0 Å². The predicted octanol–water partition coefficient (Wildman–Crippen LogP) is 0.0203. The van der Waals surface area contributed by atoms with Crippen molar-refractivity contribution >= 4 is 15.9 Å². The van der Waals surface area contributed by atoms with Gasteiger partial charge in [-0.25, -0.2) is 0 Å². The molecule has 0 fully saturated rings. The molecule has 1 aromatic heterocycles. The van der Waals surface area contributed by atoms with Gasteiger partial charge in [0.1, 0.15) is 0 Å². The Morgan fingerprint density at radius 1 is 1.00 bits per heavy atom. The monoisotopic (exact) mass is 353 g/mol. The minimum atomic E-state index is -0.0507. The molecule has 2 aromatic rings. The lowest BCUT2D eigenvalue weighted by Crippen LogP contribution is -3.00. The molecular formula is C14H13Br2N. The van der Waals surface area contributed by atoms with E-state index in [-0.39, 0.29) is 21.4 Å². The molecular weight excluding hydrogens is 342 g/mol. The fourth-order valence-corrected chi connectivity index (χ4v) is 3.27. The largest absolute Gasteiger partial charge is 1.00 e. The molecule has 88 valence electrons. The van der Waals surface area contributed by atoms with E-state index in [0.717, 1.165) is 12.8 Å². The molecule has 1 heterocycles. The Morgan fingerprint density at radius 2 is 1.71 bits per heavy atom. The van der Waals surface area contributed by atoms with Crippen molar-refractivity contribution in [1.29, 1.82) is 0 Å². The second-order valence-corrected chi connectivity index (χ2v) is 5.51. The lowest BCUT2D eigenvalue weighted by molar-refractivity contribution is -0.725. The van der Waals surface area contributed by atoms with E-state index in [1.54, 1.807) is 0 Å². The zero-order valence-electron chi connectivity index (χ0n) is 9.31. The number of aryl methyl sites for hydroxylation is 1. The molecule has 1 aliphatic rings. The maximum absolute atomic E-state index is 3.92. The number of hydrogen-bond acceptors (Lipinski definition) is 0. The first kappa shape index (κ1) is 12.8. The molecule has 0 bridgehead atoms. The zero-order chi connectivity index (χ0) is 11.0. The predicted molar refractivity (Wildman–Crippen MR) is 67.4 cm³/mol. The summed E-state index contributed by atoms with van der Waals surface area (Å²) in [5, 5.41) is 0. The molecule has 0 N–H and O–H groups in total. The second kappa shape index (κ2) is 4.91. The minimum absolute atomic E-state index is 0. The van der Waals surface area contributed by atoms with Gasteiger partial charge in [-0.15, -0.1) is 0 Å². The van der Waals surface area contributed by atoms with Gasteiger partial charge in [0.2, 0.25) is 4.45 Å². The highest BCUT2D eigenvalue weighted by molar-refractivity contribution is 9.09.